The topological polar surface area (TPSA) is 29.5 Å². The molecule has 0 aromatic rings. The Morgan fingerprint density at radius 3 is 2.42 bits per heavy atom. The molecular formula is C10H20O2. The highest BCUT2D eigenvalue weighted by atomic mass is 16.5. The molecule has 0 amide bonds. The Kier molecular flexibility index (Phi) is 4.02. The van der Waals surface area contributed by atoms with Gasteiger partial charge in [-0.05, 0) is 26.2 Å². The summed E-state index contributed by atoms with van der Waals surface area (Å²) in [4.78, 5) is 0. The third kappa shape index (κ3) is 3.11. The molecule has 72 valence electrons. The van der Waals surface area contributed by atoms with E-state index >= 15 is 0 Å². The van der Waals surface area contributed by atoms with Crippen molar-refractivity contribution >= 4 is 0 Å². The normalized spacial score (nSPS) is 28.5. The summed E-state index contributed by atoms with van der Waals surface area (Å²) in [6.45, 7) is 3.49. The lowest BCUT2D eigenvalue weighted by atomic mass is 9.91. The van der Waals surface area contributed by atoms with E-state index in [1.165, 1.54) is 25.7 Å². The van der Waals surface area contributed by atoms with Gasteiger partial charge in [-0.3, -0.25) is 0 Å². The van der Waals surface area contributed by atoms with Crippen LogP contribution in [0.3, 0.4) is 0 Å². The van der Waals surface area contributed by atoms with Crippen LogP contribution in [-0.4, -0.2) is 23.9 Å². The maximum atomic E-state index is 8.56. The van der Waals surface area contributed by atoms with Gasteiger partial charge in [0.2, 0.25) is 0 Å². The molecule has 0 saturated carbocycles. The number of unbranched alkanes of at least 4 members (excludes halogenated alkanes) is 3. The Hall–Kier alpha value is -0.0800. The smallest absolute Gasteiger partial charge is 0.0676 e. The van der Waals surface area contributed by atoms with Crippen LogP contribution in [0.15, 0.2) is 0 Å². The van der Waals surface area contributed by atoms with E-state index in [-0.39, 0.29) is 5.60 Å². The maximum absolute atomic E-state index is 8.56. The predicted octanol–water partition coefficient (Wildman–Crippen LogP) is 2.11. The van der Waals surface area contributed by atoms with Crippen LogP contribution < -0.4 is 0 Å². The van der Waals surface area contributed by atoms with Crippen LogP contribution in [0.5, 0.6) is 0 Å². The van der Waals surface area contributed by atoms with Crippen LogP contribution in [-0.2, 0) is 4.74 Å². The van der Waals surface area contributed by atoms with E-state index < -0.39 is 0 Å². The fraction of sp³-hybridized carbons (Fsp3) is 1.00. The number of hydrogen-bond donors (Lipinski definition) is 1. The van der Waals surface area contributed by atoms with Crippen LogP contribution in [0.2, 0.25) is 0 Å². The SMILES string of the molecule is CC1(CCCCCCO)CCO1. The molecule has 1 aliphatic heterocycles. The summed E-state index contributed by atoms with van der Waals surface area (Å²) < 4.78 is 5.48. The van der Waals surface area contributed by atoms with Gasteiger partial charge in [0, 0.05) is 6.61 Å². The Labute approximate surface area is 74.9 Å². The summed E-state index contributed by atoms with van der Waals surface area (Å²) in [6, 6.07) is 0. The molecule has 2 nitrogen and oxygen atoms in total. The fourth-order valence-corrected chi connectivity index (χ4v) is 1.61. The summed E-state index contributed by atoms with van der Waals surface area (Å²) in [5.41, 5.74) is 0.208. The van der Waals surface area contributed by atoms with Gasteiger partial charge in [-0.15, -0.1) is 0 Å². The Morgan fingerprint density at radius 2 is 1.92 bits per heavy atom. The lowest BCUT2D eigenvalue weighted by Crippen LogP contribution is -2.40. The highest BCUT2D eigenvalue weighted by molar-refractivity contribution is 4.81. The molecule has 2 heteroatoms. The monoisotopic (exact) mass is 172 g/mol. The Balaban J connectivity index is 1.88. The second-order valence-electron chi connectivity index (χ2n) is 3.94. The second-order valence-corrected chi connectivity index (χ2v) is 3.94. The van der Waals surface area contributed by atoms with Crippen molar-refractivity contribution in [3.8, 4) is 0 Å². The first-order valence-corrected chi connectivity index (χ1v) is 5.02. The van der Waals surface area contributed by atoms with Gasteiger partial charge in [0.15, 0.2) is 0 Å². The third-order valence-electron chi connectivity index (χ3n) is 2.70. The molecule has 0 aliphatic carbocycles. The number of ether oxygens (including phenoxy) is 1. The molecule has 0 aromatic heterocycles. The molecule has 1 saturated heterocycles. The van der Waals surface area contributed by atoms with E-state index in [1.807, 2.05) is 0 Å². The van der Waals surface area contributed by atoms with Gasteiger partial charge in [-0.25, -0.2) is 0 Å². The van der Waals surface area contributed by atoms with Gasteiger partial charge in [0.1, 0.15) is 0 Å². The Morgan fingerprint density at radius 1 is 1.25 bits per heavy atom. The molecule has 1 fully saturated rings. The fourth-order valence-electron chi connectivity index (χ4n) is 1.61. The van der Waals surface area contributed by atoms with Gasteiger partial charge in [-0.1, -0.05) is 19.3 Å². The standard InChI is InChI=1S/C10H20O2/c1-10(7-9-12-10)6-4-2-3-5-8-11/h11H,2-9H2,1H3. The zero-order chi connectivity index (χ0) is 8.86. The molecule has 1 heterocycles. The number of aliphatic hydroxyl groups is 1. The van der Waals surface area contributed by atoms with E-state index in [4.69, 9.17) is 9.84 Å². The summed E-state index contributed by atoms with van der Waals surface area (Å²) in [5.74, 6) is 0. The van der Waals surface area contributed by atoms with Gasteiger partial charge in [0.25, 0.3) is 0 Å². The van der Waals surface area contributed by atoms with Crippen molar-refractivity contribution in [2.75, 3.05) is 13.2 Å². The first-order chi connectivity index (χ1) is 5.77. The van der Waals surface area contributed by atoms with Gasteiger partial charge >= 0.3 is 0 Å². The van der Waals surface area contributed by atoms with E-state index in [2.05, 4.69) is 6.92 Å². The van der Waals surface area contributed by atoms with Crippen molar-refractivity contribution < 1.29 is 9.84 Å². The molecule has 0 radical (unpaired) electrons. The first kappa shape index (κ1) is 10.0. The van der Waals surface area contributed by atoms with E-state index in [0.29, 0.717) is 6.61 Å². The number of rotatable bonds is 6. The largest absolute Gasteiger partial charge is 0.396 e. The summed E-state index contributed by atoms with van der Waals surface area (Å²) in [7, 11) is 0. The van der Waals surface area contributed by atoms with Crippen molar-refractivity contribution in [2.24, 2.45) is 0 Å². The molecular weight excluding hydrogens is 152 g/mol. The minimum Gasteiger partial charge on any atom is -0.396 e. The predicted molar refractivity (Wildman–Crippen MR) is 49.1 cm³/mol. The van der Waals surface area contributed by atoms with Crippen LogP contribution in [0.4, 0.5) is 0 Å². The van der Waals surface area contributed by atoms with Crippen molar-refractivity contribution in [3.63, 3.8) is 0 Å². The lowest BCUT2D eigenvalue weighted by Gasteiger charge is -2.38. The van der Waals surface area contributed by atoms with Crippen molar-refractivity contribution in [1.29, 1.82) is 0 Å². The van der Waals surface area contributed by atoms with E-state index in [1.54, 1.807) is 0 Å². The summed E-state index contributed by atoms with van der Waals surface area (Å²) in [6.07, 6.45) is 7.02. The van der Waals surface area contributed by atoms with Gasteiger partial charge in [0.05, 0.1) is 12.2 Å². The van der Waals surface area contributed by atoms with Crippen LogP contribution in [0, 0.1) is 0 Å². The van der Waals surface area contributed by atoms with E-state index in [9.17, 15) is 0 Å². The molecule has 1 unspecified atom stereocenters. The Bertz CT molecular complexity index is 119. The minimum atomic E-state index is 0.208. The third-order valence-corrected chi connectivity index (χ3v) is 2.70. The first-order valence-electron chi connectivity index (χ1n) is 5.02. The molecule has 0 aromatic carbocycles. The van der Waals surface area contributed by atoms with Gasteiger partial charge < -0.3 is 9.84 Å². The highest BCUT2D eigenvalue weighted by Crippen LogP contribution is 2.31. The zero-order valence-electron chi connectivity index (χ0n) is 8.01. The van der Waals surface area contributed by atoms with Crippen molar-refractivity contribution in [3.05, 3.63) is 0 Å². The molecule has 0 bridgehead atoms. The average molecular weight is 172 g/mol. The second kappa shape index (κ2) is 4.83. The van der Waals surface area contributed by atoms with Crippen molar-refractivity contribution in [1.82, 2.24) is 0 Å². The molecule has 1 aliphatic rings. The number of hydrogen-bond acceptors (Lipinski definition) is 2. The molecule has 1 atom stereocenters. The van der Waals surface area contributed by atoms with Crippen LogP contribution in [0.1, 0.15) is 45.4 Å². The summed E-state index contributed by atoms with van der Waals surface area (Å²) >= 11 is 0. The molecule has 1 rings (SSSR count). The lowest BCUT2D eigenvalue weighted by molar-refractivity contribution is -0.139. The zero-order valence-corrected chi connectivity index (χ0v) is 8.01. The summed E-state index contributed by atoms with van der Waals surface area (Å²) in [5, 5.41) is 8.56. The van der Waals surface area contributed by atoms with E-state index in [0.717, 1.165) is 19.4 Å². The minimum absolute atomic E-state index is 0.208. The van der Waals surface area contributed by atoms with Crippen LogP contribution in [0.25, 0.3) is 0 Å². The van der Waals surface area contributed by atoms with Gasteiger partial charge in [-0.2, -0.15) is 0 Å². The molecule has 0 spiro atoms. The van der Waals surface area contributed by atoms with Crippen molar-refractivity contribution in [2.45, 2.75) is 51.0 Å². The van der Waals surface area contributed by atoms with Crippen LogP contribution >= 0.6 is 0 Å². The molecule has 1 N–H and O–H groups in total. The average Bonchev–Trinajstić information content (AvgIpc) is 2.01. The quantitative estimate of drug-likeness (QED) is 0.622. The number of aliphatic hydroxyl groups excluding tert-OH is 1. The highest BCUT2D eigenvalue weighted by Gasteiger charge is 2.31. The maximum Gasteiger partial charge on any atom is 0.0676 e. The molecule has 12 heavy (non-hydrogen) atoms.